The van der Waals surface area contributed by atoms with Gasteiger partial charge in [0.2, 0.25) is 0 Å². The average molecular weight is 732 g/mol. The van der Waals surface area contributed by atoms with Gasteiger partial charge in [-0.1, -0.05) is 135 Å². The number of rotatable bonds is 4. The number of nitrogens with zero attached hydrogens (tertiary/aromatic N) is 2. The van der Waals surface area contributed by atoms with E-state index in [0.29, 0.717) is 0 Å². The molecule has 1 N–H and O–H groups in total. The molecule has 0 fully saturated rings. The first-order valence-corrected chi connectivity index (χ1v) is 19.9. The van der Waals surface area contributed by atoms with Crippen molar-refractivity contribution in [3.63, 3.8) is 0 Å². The molecule has 0 saturated carbocycles. The van der Waals surface area contributed by atoms with Gasteiger partial charge in [-0.3, -0.25) is 4.98 Å². The number of fused-ring (bicyclic) bond motifs is 9. The second-order valence-corrected chi connectivity index (χ2v) is 16.3. The minimum absolute atomic E-state index is 0.0263. The van der Waals surface area contributed by atoms with Gasteiger partial charge in [-0.05, 0) is 122 Å². The molecule has 0 radical (unpaired) electrons. The number of hydrogen-bond acceptors (Lipinski definition) is 3. The zero-order valence-electron chi connectivity index (χ0n) is 32.6. The van der Waals surface area contributed by atoms with Crippen LogP contribution >= 0.6 is 0 Å². The summed E-state index contributed by atoms with van der Waals surface area (Å²) in [5.41, 5.74) is 22.0. The van der Waals surface area contributed by atoms with Crippen LogP contribution in [-0.2, 0) is 5.41 Å². The van der Waals surface area contributed by atoms with Gasteiger partial charge in [0.25, 0.3) is 0 Å². The summed E-state index contributed by atoms with van der Waals surface area (Å²) in [5, 5.41) is 7.80. The molecule has 1 aliphatic carbocycles. The second-order valence-electron chi connectivity index (χ2n) is 16.3. The molecule has 1 unspecified atom stereocenters. The van der Waals surface area contributed by atoms with Crippen LogP contribution in [0.3, 0.4) is 0 Å². The molecule has 0 bridgehead atoms. The molecule has 0 saturated heterocycles. The van der Waals surface area contributed by atoms with Gasteiger partial charge >= 0.3 is 0 Å². The van der Waals surface area contributed by atoms with Crippen molar-refractivity contribution in [2.45, 2.75) is 39.2 Å². The maximum absolute atomic E-state index is 5.37. The van der Waals surface area contributed by atoms with Gasteiger partial charge in [-0.25, -0.2) is 4.98 Å². The maximum Gasteiger partial charge on any atom is 0.0791 e. The summed E-state index contributed by atoms with van der Waals surface area (Å²) in [4.78, 5) is 9.75. The van der Waals surface area contributed by atoms with Crippen molar-refractivity contribution in [2.75, 3.05) is 5.32 Å². The van der Waals surface area contributed by atoms with E-state index in [1.165, 1.54) is 88.5 Å². The first-order chi connectivity index (χ1) is 27.9. The summed E-state index contributed by atoms with van der Waals surface area (Å²) < 4.78 is 0. The Kier molecular flexibility index (Phi) is 7.40. The fourth-order valence-electron chi connectivity index (χ4n) is 9.94. The fourth-order valence-corrected chi connectivity index (χ4v) is 9.94. The standard InChI is InChI=1S/C54H41N3/c1-32-48-42-19-11-12-20-46(42)56-52(34-14-7-5-8-15-34)50(48)33(2)49-43-26-23-38(30-47(43)57-53(51(32)49)35-16-9-6-10-17-35)36-21-24-40-41-25-22-37(39-18-13-27-55-31-39)29-45(41)54(3,4)44(40)28-36/h5-31,53,57H,1-4H3. The van der Waals surface area contributed by atoms with E-state index in [1.54, 1.807) is 0 Å². The third-order valence-corrected chi connectivity index (χ3v) is 12.8. The van der Waals surface area contributed by atoms with Crippen molar-refractivity contribution >= 4 is 27.4 Å². The largest absolute Gasteiger partial charge is 0.374 e. The Balaban J connectivity index is 1.10. The van der Waals surface area contributed by atoms with Gasteiger partial charge in [0, 0.05) is 45.4 Å². The van der Waals surface area contributed by atoms with E-state index in [-0.39, 0.29) is 11.5 Å². The minimum Gasteiger partial charge on any atom is -0.374 e. The summed E-state index contributed by atoms with van der Waals surface area (Å²) in [6.45, 7) is 9.36. The lowest BCUT2D eigenvalue weighted by Crippen LogP contribution is -2.20. The summed E-state index contributed by atoms with van der Waals surface area (Å²) >= 11 is 0. The molecule has 0 spiro atoms. The molecule has 272 valence electrons. The van der Waals surface area contributed by atoms with Gasteiger partial charge in [0.15, 0.2) is 0 Å². The van der Waals surface area contributed by atoms with Crippen molar-refractivity contribution in [3.8, 4) is 55.8 Å². The third-order valence-electron chi connectivity index (χ3n) is 12.8. The van der Waals surface area contributed by atoms with Crippen LogP contribution in [0.5, 0.6) is 0 Å². The molecule has 9 aromatic rings. The number of benzene rings is 7. The Bertz CT molecular complexity index is 3070. The van der Waals surface area contributed by atoms with Gasteiger partial charge in [0.1, 0.15) is 0 Å². The van der Waals surface area contributed by atoms with Crippen LogP contribution < -0.4 is 5.32 Å². The van der Waals surface area contributed by atoms with Crippen molar-refractivity contribution in [3.05, 3.63) is 197 Å². The Labute approximate surface area is 333 Å². The van der Waals surface area contributed by atoms with Crippen molar-refractivity contribution < 1.29 is 0 Å². The maximum atomic E-state index is 5.37. The number of aromatic nitrogens is 2. The van der Waals surface area contributed by atoms with Crippen molar-refractivity contribution in [2.24, 2.45) is 0 Å². The van der Waals surface area contributed by atoms with Gasteiger partial charge in [-0.15, -0.1) is 0 Å². The molecule has 2 aliphatic rings. The predicted octanol–water partition coefficient (Wildman–Crippen LogP) is 13.9. The molecule has 3 heterocycles. The molecule has 57 heavy (non-hydrogen) atoms. The van der Waals surface area contributed by atoms with E-state index in [1.807, 2.05) is 18.5 Å². The van der Waals surface area contributed by atoms with Crippen LogP contribution in [0.25, 0.3) is 77.4 Å². The normalized spacial score (nSPS) is 14.8. The molecule has 7 aromatic carbocycles. The van der Waals surface area contributed by atoms with Crippen LogP contribution in [0.15, 0.2) is 164 Å². The van der Waals surface area contributed by atoms with Crippen LogP contribution in [0, 0.1) is 13.8 Å². The SMILES string of the molecule is Cc1c2c(c(C)c3c1c(-c1ccccc1)nc1ccccc13)C(c1ccccc1)Nc1cc(-c3ccc4c(c3)C(C)(C)c3cc(-c5cccnc5)ccc3-4)ccc1-2. The highest BCUT2D eigenvalue weighted by atomic mass is 14.9. The molecule has 2 aromatic heterocycles. The summed E-state index contributed by atoms with van der Waals surface area (Å²) in [6, 6.07) is 55.4. The number of aryl methyl sites for hydroxylation is 2. The summed E-state index contributed by atoms with van der Waals surface area (Å²) in [6.07, 6.45) is 3.78. The fraction of sp³-hybridized carbons (Fsp3) is 0.111. The van der Waals surface area contributed by atoms with E-state index in [9.17, 15) is 0 Å². The third kappa shape index (κ3) is 5.05. The van der Waals surface area contributed by atoms with Crippen molar-refractivity contribution in [1.29, 1.82) is 0 Å². The predicted molar refractivity (Wildman–Crippen MR) is 238 cm³/mol. The van der Waals surface area contributed by atoms with Crippen LogP contribution in [-0.4, -0.2) is 9.97 Å². The molecule has 0 amide bonds. The molecule has 3 nitrogen and oxygen atoms in total. The molecular formula is C54H41N3. The van der Waals surface area contributed by atoms with Crippen molar-refractivity contribution in [1.82, 2.24) is 9.97 Å². The topological polar surface area (TPSA) is 37.8 Å². The van der Waals surface area contributed by atoms with E-state index in [0.717, 1.165) is 28.0 Å². The summed E-state index contributed by atoms with van der Waals surface area (Å²) in [5.74, 6) is 0. The zero-order valence-corrected chi connectivity index (χ0v) is 32.6. The molecule has 1 aliphatic heterocycles. The summed E-state index contributed by atoms with van der Waals surface area (Å²) in [7, 11) is 0. The minimum atomic E-state index is -0.146. The molecular weight excluding hydrogens is 691 g/mol. The lowest BCUT2D eigenvalue weighted by atomic mass is 9.77. The highest BCUT2D eigenvalue weighted by Crippen LogP contribution is 2.53. The van der Waals surface area contributed by atoms with Gasteiger partial charge < -0.3 is 5.32 Å². The first kappa shape index (κ1) is 33.5. The smallest absolute Gasteiger partial charge is 0.0791 e. The molecule has 1 atom stereocenters. The molecule has 3 heteroatoms. The van der Waals surface area contributed by atoms with Gasteiger partial charge in [-0.2, -0.15) is 0 Å². The number of pyridine rings is 2. The Morgan fingerprint density at radius 2 is 1.16 bits per heavy atom. The van der Waals surface area contributed by atoms with E-state index < -0.39 is 0 Å². The Morgan fingerprint density at radius 1 is 0.544 bits per heavy atom. The number of hydrogen-bond donors (Lipinski definition) is 1. The monoisotopic (exact) mass is 731 g/mol. The first-order valence-electron chi connectivity index (χ1n) is 19.9. The Hall–Kier alpha value is -6.84. The number of nitrogens with one attached hydrogen (secondary N) is 1. The number of anilines is 1. The lowest BCUT2D eigenvalue weighted by Gasteiger charge is -2.34. The van der Waals surface area contributed by atoms with Gasteiger partial charge in [0.05, 0.1) is 17.3 Å². The highest BCUT2D eigenvalue weighted by Gasteiger charge is 2.36. The van der Waals surface area contributed by atoms with Crippen LogP contribution in [0.1, 0.15) is 53.3 Å². The van der Waals surface area contributed by atoms with E-state index >= 15 is 0 Å². The Morgan fingerprint density at radius 3 is 1.86 bits per heavy atom. The van der Waals surface area contributed by atoms with E-state index in [4.69, 9.17) is 4.98 Å². The van der Waals surface area contributed by atoms with Crippen LogP contribution in [0.4, 0.5) is 5.69 Å². The van der Waals surface area contributed by atoms with Crippen LogP contribution in [0.2, 0.25) is 0 Å². The quantitative estimate of drug-likeness (QED) is 0.183. The number of para-hydroxylation sites is 1. The lowest BCUT2D eigenvalue weighted by molar-refractivity contribution is 0.661. The molecule has 11 rings (SSSR count). The highest BCUT2D eigenvalue weighted by molar-refractivity contribution is 6.16. The second kappa shape index (κ2) is 12.6. The van der Waals surface area contributed by atoms with E-state index in [2.05, 4.69) is 184 Å². The average Bonchev–Trinajstić information content (AvgIpc) is 3.49. The zero-order chi connectivity index (χ0) is 38.4.